The number of carbonyl (C=O) groups is 1. The standard InChI is InChI=1S/C23H34N4O6S2/c1-34(30,31)27(35(2,32)33)16-22(18-9-13-26(14-10-18)23(28)29)25-11-7-17(8-12-25)20-15-24-21-6-4-3-5-19(20)21/h3-6,15,17-18,22,24H,7-14,16H2,1-2H3,(H,28,29). The molecule has 2 aromatic rings. The van der Waals surface area contributed by atoms with E-state index in [9.17, 15) is 26.7 Å². The lowest BCUT2D eigenvalue weighted by Crippen LogP contribution is -2.54. The normalized spacial score (nSPS) is 20.5. The molecule has 1 aromatic carbocycles. The molecule has 0 radical (unpaired) electrons. The SMILES string of the molecule is CS(=O)(=O)N(CC(C1CCN(C(=O)O)CC1)N1CCC(c2c[nH]c3ccccc23)CC1)S(C)(=O)=O. The van der Waals surface area contributed by atoms with Gasteiger partial charge in [-0.15, -0.1) is 0 Å². The molecule has 2 N–H and O–H groups in total. The third-order valence-corrected chi connectivity index (χ3v) is 10.9. The summed E-state index contributed by atoms with van der Waals surface area (Å²) in [5.41, 5.74) is 2.38. The maximum Gasteiger partial charge on any atom is 0.407 e. The lowest BCUT2D eigenvalue weighted by molar-refractivity contribution is 0.0633. The average Bonchev–Trinajstić information content (AvgIpc) is 3.22. The predicted octanol–water partition coefficient (Wildman–Crippen LogP) is 2.33. The van der Waals surface area contributed by atoms with Gasteiger partial charge in [0.15, 0.2) is 0 Å². The van der Waals surface area contributed by atoms with Crippen LogP contribution in [0.25, 0.3) is 10.9 Å². The van der Waals surface area contributed by atoms with Crippen LogP contribution in [0.2, 0.25) is 0 Å². The van der Waals surface area contributed by atoms with Crippen LogP contribution in [0.15, 0.2) is 30.5 Å². The Morgan fingerprint density at radius 2 is 1.63 bits per heavy atom. The van der Waals surface area contributed by atoms with Gasteiger partial charge in [0, 0.05) is 42.8 Å². The fourth-order valence-corrected chi connectivity index (χ4v) is 8.50. The van der Waals surface area contributed by atoms with Gasteiger partial charge in [0.2, 0.25) is 20.0 Å². The zero-order valence-corrected chi connectivity index (χ0v) is 21.8. The van der Waals surface area contributed by atoms with E-state index in [-0.39, 0.29) is 18.5 Å². The van der Waals surface area contributed by atoms with E-state index in [4.69, 9.17) is 0 Å². The van der Waals surface area contributed by atoms with Crippen LogP contribution in [0, 0.1) is 5.92 Å². The number of carboxylic acid groups (broad SMARTS) is 1. The molecule has 10 nitrogen and oxygen atoms in total. The first kappa shape index (κ1) is 25.9. The summed E-state index contributed by atoms with van der Waals surface area (Å²) in [7, 11) is -7.96. The number of aromatic nitrogens is 1. The molecule has 0 bridgehead atoms. The van der Waals surface area contributed by atoms with Crippen LogP contribution in [-0.4, -0.2) is 97.8 Å². The van der Waals surface area contributed by atoms with Crippen molar-refractivity contribution < 1.29 is 26.7 Å². The van der Waals surface area contributed by atoms with Gasteiger partial charge in [-0.1, -0.05) is 21.9 Å². The molecule has 1 aromatic heterocycles. The Kier molecular flexibility index (Phi) is 7.46. The monoisotopic (exact) mass is 526 g/mol. The van der Waals surface area contributed by atoms with Crippen LogP contribution in [0.3, 0.4) is 0 Å². The molecule has 2 aliphatic rings. The van der Waals surface area contributed by atoms with E-state index in [1.807, 2.05) is 12.1 Å². The molecule has 4 rings (SSSR count). The molecule has 2 fully saturated rings. The Bertz CT molecular complexity index is 1230. The van der Waals surface area contributed by atoms with Crippen molar-refractivity contribution in [1.29, 1.82) is 0 Å². The number of para-hydroxylation sites is 1. The molecule has 0 spiro atoms. The molecule has 1 amide bonds. The summed E-state index contributed by atoms with van der Waals surface area (Å²) < 4.78 is 50.2. The number of H-pyrrole nitrogens is 1. The number of benzene rings is 1. The highest BCUT2D eigenvalue weighted by Crippen LogP contribution is 2.36. The number of fused-ring (bicyclic) bond motifs is 1. The first-order chi connectivity index (χ1) is 16.4. The van der Waals surface area contributed by atoms with Gasteiger partial charge in [-0.05, 0) is 62.2 Å². The Balaban J connectivity index is 1.54. The summed E-state index contributed by atoms with van der Waals surface area (Å²) in [5, 5.41) is 10.5. The van der Waals surface area contributed by atoms with Crippen molar-refractivity contribution in [3.63, 3.8) is 0 Å². The smallest absolute Gasteiger partial charge is 0.407 e. The molecule has 1 unspecified atom stereocenters. The summed E-state index contributed by atoms with van der Waals surface area (Å²) in [6.45, 7) is 2.01. The first-order valence-electron chi connectivity index (χ1n) is 11.9. The van der Waals surface area contributed by atoms with Gasteiger partial charge in [0.1, 0.15) is 0 Å². The number of piperidine rings is 2. The predicted molar refractivity (Wildman–Crippen MR) is 134 cm³/mol. The molecule has 2 saturated heterocycles. The number of hydrogen-bond donors (Lipinski definition) is 2. The van der Waals surface area contributed by atoms with Crippen molar-refractivity contribution in [3.05, 3.63) is 36.0 Å². The van der Waals surface area contributed by atoms with E-state index < -0.39 is 26.1 Å². The molecule has 0 aliphatic carbocycles. The van der Waals surface area contributed by atoms with Crippen LogP contribution < -0.4 is 0 Å². The van der Waals surface area contributed by atoms with Gasteiger partial charge in [-0.2, -0.15) is 0 Å². The molecule has 1 atom stereocenters. The highest BCUT2D eigenvalue weighted by molar-refractivity contribution is 8.03. The quantitative estimate of drug-likeness (QED) is 0.566. The fraction of sp³-hybridized carbons (Fsp3) is 0.609. The van der Waals surface area contributed by atoms with Crippen molar-refractivity contribution in [3.8, 4) is 0 Å². The van der Waals surface area contributed by atoms with Crippen LogP contribution in [0.4, 0.5) is 4.79 Å². The molecule has 12 heteroatoms. The minimum Gasteiger partial charge on any atom is -0.465 e. The van der Waals surface area contributed by atoms with E-state index in [1.54, 1.807) is 0 Å². The highest BCUT2D eigenvalue weighted by atomic mass is 32.3. The molecule has 0 saturated carbocycles. The molecular formula is C23H34N4O6S2. The first-order valence-corrected chi connectivity index (χ1v) is 15.6. The number of nitrogens with zero attached hydrogens (tertiary/aromatic N) is 3. The fourth-order valence-electron chi connectivity index (χ4n) is 5.68. The number of nitrogens with one attached hydrogen (secondary N) is 1. The number of aromatic amines is 1. The second-order valence-electron chi connectivity index (χ2n) is 9.76. The van der Waals surface area contributed by atoms with E-state index in [2.05, 4.69) is 28.2 Å². The van der Waals surface area contributed by atoms with Gasteiger partial charge < -0.3 is 15.0 Å². The average molecular weight is 527 g/mol. The van der Waals surface area contributed by atoms with Crippen LogP contribution >= 0.6 is 0 Å². The van der Waals surface area contributed by atoms with E-state index in [0.717, 1.165) is 44.0 Å². The second-order valence-corrected chi connectivity index (χ2v) is 13.8. The maximum absolute atomic E-state index is 12.4. The molecule has 35 heavy (non-hydrogen) atoms. The van der Waals surface area contributed by atoms with Gasteiger partial charge >= 0.3 is 6.09 Å². The molecular weight excluding hydrogens is 492 g/mol. The summed E-state index contributed by atoms with van der Waals surface area (Å²) >= 11 is 0. The zero-order valence-electron chi connectivity index (χ0n) is 20.1. The summed E-state index contributed by atoms with van der Waals surface area (Å²) in [6, 6.07) is 7.89. The highest BCUT2D eigenvalue weighted by Gasteiger charge is 2.39. The van der Waals surface area contributed by atoms with Crippen LogP contribution in [0.1, 0.15) is 37.2 Å². The Morgan fingerprint density at radius 3 is 2.20 bits per heavy atom. The summed E-state index contributed by atoms with van der Waals surface area (Å²) in [5.74, 6) is 0.360. The van der Waals surface area contributed by atoms with Gasteiger partial charge in [0.25, 0.3) is 0 Å². The minimum atomic E-state index is -3.98. The molecule has 3 heterocycles. The van der Waals surface area contributed by atoms with Crippen molar-refractivity contribution in [1.82, 2.24) is 18.5 Å². The van der Waals surface area contributed by atoms with Crippen LogP contribution in [-0.2, 0) is 20.0 Å². The van der Waals surface area contributed by atoms with E-state index >= 15 is 0 Å². The van der Waals surface area contributed by atoms with Crippen molar-refractivity contribution in [2.24, 2.45) is 5.92 Å². The van der Waals surface area contributed by atoms with Crippen molar-refractivity contribution >= 4 is 37.0 Å². The van der Waals surface area contributed by atoms with Gasteiger partial charge in [-0.3, -0.25) is 4.90 Å². The van der Waals surface area contributed by atoms with Crippen molar-refractivity contribution in [2.75, 3.05) is 45.2 Å². The minimum absolute atomic E-state index is 0.00115. The van der Waals surface area contributed by atoms with Gasteiger partial charge in [0.05, 0.1) is 12.5 Å². The number of sulfonamides is 2. The lowest BCUT2D eigenvalue weighted by atomic mass is 9.84. The molecule has 194 valence electrons. The number of amides is 1. The Labute approximate surface area is 207 Å². The largest absolute Gasteiger partial charge is 0.465 e. The third kappa shape index (κ3) is 5.82. The Hall–Kier alpha value is -2.15. The van der Waals surface area contributed by atoms with Gasteiger partial charge in [-0.25, -0.2) is 21.6 Å². The number of hydrogen-bond acceptors (Lipinski definition) is 6. The van der Waals surface area contributed by atoms with E-state index in [1.165, 1.54) is 15.8 Å². The maximum atomic E-state index is 12.4. The lowest BCUT2D eigenvalue weighted by Gasteiger charge is -2.44. The van der Waals surface area contributed by atoms with E-state index in [0.29, 0.717) is 35.6 Å². The second kappa shape index (κ2) is 10.1. The van der Waals surface area contributed by atoms with Crippen LogP contribution in [0.5, 0.6) is 0 Å². The molecule has 2 aliphatic heterocycles. The number of likely N-dealkylation sites (tertiary alicyclic amines) is 2. The number of rotatable bonds is 7. The third-order valence-electron chi connectivity index (χ3n) is 7.49. The topological polar surface area (TPSA) is 131 Å². The Morgan fingerprint density at radius 1 is 1.03 bits per heavy atom. The van der Waals surface area contributed by atoms with Crippen molar-refractivity contribution in [2.45, 2.75) is 37.6 Å². The summed E-state index contributed by atoms with van der Waals surface area (Å²) in [6.07, 6.45) is 5.84. The zero-order chi connectivity index (χ0) is 25.4. The summed E-state index contributed by atoms with van der Waals surface area (Å²) in [4.78, 5) is 18.3.